The average molecular weight is 294 g/mol. The molecule has 20 heavy (non-hydrogen) atoms. The van der Waals surface area contributed by atoms with Crippen LogP contribution in [-0.4, -0.2) is 30.1 Å². The van der Waals surface area contributed by atoms with E-state index in [1.807, 2.05) is 24.3 Å². The zero-order chi connectivity index (χ0) is 14.1. The molecule has 2 aliphatic rings. The Hall–Kier alpha value is -1.06. The molecule has 0 aromatic heterocycles. The van der Waals surface area contributed by atoms with Gasteiger partial charge in [0.15, 0.2) is 0 Å². The van der Waals surface area contributed by atoms with Crippen LogP contribution in [0.2, 0.25) is 5.02 Å². The van der Waals surface area contributed by atoms with Crippen molar-refractivity contribution < 1.29 is 9.53 Å². The maximum absolute atomic E-state index is 12.7. The molecule has 1 heterocycles. The number of rotatable bonds is 4. The van der Waals surface area contributed by atoms with Gasteiger partial charge in [0, 0.05) is 17.7 Å². The van der Waals surface area contributed by atoms with Crippen molar-refractivity contribution in [1.82, 2.24) is 4.90 Å². The number of hydrogen-bond acceptors (Lipinski definition) is 2. The molecule has 1 aromatic carbocycles. The van der Waals surface area contributed by atoms with Gasteiger partial charge < -0.3 is 9.64 Å². The summed E-state index contributed by atoms with van der Waals surface area (Å²) in [7, 11) is 0. The van der Waals surface area contributed by atoms with E-state index in [0.29, 0.717) is 19.3 Å². The zero-order valence-corrected chi connectivity index (χ0v) is 12.5. The monoisotopic (exact) mass is 293 g/mol. The van der Waals surface area contributed by atoms with Crippen LogP contribution in [0.25, 0.3) is 0 Å². The summed E-state index contributed by atoms with van der Waals surface area (Å²) in [6.07, 6.45) is 3.10. The van der Waals surface area contributed by atoms with Crippen LogP contribution in [0.4, 0.5) is 0 Å². The molecule has 0 N–H and O–H groups in total. The lowest BCUT2D eigenvalue weighted by Crippen LogP contribution is -2.40. The first-order valence-electron chi connectivity index (χ1n) is 7.32. The first-order valence-corrected chi connectivity index (χ1v) is 7.70. The Kier molecular flexibility index (Phi) is 3.99. The number of benzene rings is 1. The van der Waals surface area contributed by atoms with Crippen molar-refractivity contribution in [1.29, 1.82) is 0 Å². The van der Waals surface area contributed by atoms with Crippen molar-refractivity contribution in [3.05, 3.63) is 34.9 Å². The van der Waals surface area contributed by atoms with Gasteiger partial charge in [-0.15, -0.1) is 0 Å². The molecule has 3 rings (SSSR count). The first-order chi connectivity index (χ1) is 9.66. The Morgan fingerprint density at radius 1 is 1.30 bits per heavy atom. The Morgan fingerprint density at radius 2 is 2.00 bits per heavy atom. The fraction of sp³-hybridized carbons (Fsp3) is 0.562. The number of carbonyl (C=O) groups excluding carboxylic acids is 1. The van der Waals surface area contributed by atoms with Crippen LogP contribution in [0.5, 0.6) is 0 Å². The maximum Gasteiger partial charge on any atom is 0.228 e. The molecule has 2 fully saturated rings. The van der Waals surface area contributed by atoms with Crippen molar-refractivity contribution in [3.63, 3.8) is 0 Å². The van der Waals surface area contributed by atoms with Gasteiger partial charge in [-0.3, -0.25) is 4.79 Å². The fourth-order valence-electron chi connectivity index (χ4n) is 2.88. The Balaban J connectivity index is 1.79. The third kappa shape index (κ3) is 2.84. The van der Waals surface area contributed by atoms with Crippen molar-refractivity contribution in [3.8, 4) is 0 Å². The number of nitrogens with zero attached hydrogens (tertiary/aromatic N) is 1. The summed E-state index contributed by atoms with van der Waals surface area (Å²) >= 11 is 5.94. The molecular weight excluding hydrogens is 274 g/mol. The fourth-order valence-corrected chi connectivity index (χ4v) is 3.01. The van der Waals surface area contributed by atoms with E-state index in [-0.39, 0.29) is 17.9 Å². The summed E-state index contributed by atoms with van der Waals surface area (Å²) < 4.78 is 5.36. The van der Waals surface area contributed by atoms with E-state index < -0.39 is 0 Å². The van der Waals surface area contributed by atoms with E-state index in [1.54, 1.807) is 0 Å². The highest BCUT2D eigenvalue weighted by molar-refractivity contribution is 6.30. The average Bonchev–Trinajstić information content (AvgIpc) is 3.12. The van der Waals surface area contributed by atoms with Crippen LogP contribution in [0.3, 0.4) is 0 Å². The lowest BCUT2D eigenvalue weighted by atomic mass is 10.0. The molecule has 0 unspecified atom stereocenters. The molecule has 2 atom stereocenters. The third-order valence-electron chi connectivity index (χ3n) is 4.24. The predicted molar refractivity (Wildman–Crippen MR) is 78.7 cm³/mol. The van der Waals surface area contributed by atoms with Gasteiger partial charge in [-0.25, -0.2) is 0 Å². The highest BCUT2D eigenvalue weighted by atomic mass is 35.5. The molecular formula is C16H20ClNO2. The van der Waals surface area contributed by atoms with Crippen LogP contribution in [0.15, 0.2) is 24.3 Å². The lowest BCUT2D eigenvalue weighted by Gasteiger charge is -2.31. The zero-order valence-electron chi connectivity index (χ0n) is 11.7. The van der Waals surface area contributed by atoms with Crippen molar-refractivity contribution in [2.75, 3.05) is 13.2 Å². The van der Waals surface area contributed by atoms with Gasteiger partial charge in [0.2, 0.25) is 5.91 Å². The first kappa shape index (κ1) is 13.9. The molecule has 1 aliphatic heterocycles. The smallest absolute Gasteiger partial charge is 0.228 e. The molecule has 0 bridgehead atoms. The minimum Gasteiger partial charge on any atom is -0.381 e. The van der Waals surface area contributed by atoms with E-state index in [1.165, 1.54) is 0 Å². The third-order valence-corrected chi connectivity index (χ3v) is 4.50. The number of carbonyl (C=O) groups is 1. The molecule has 3 nitrogen and oxygen atoms in total. The Labute approximate surface area is 124 Å². The van der Waals surface area contributed by atoms with Gasteiger partial charge in [-0.2, -0.15) is 0 Å². The molecule has 4 heteroatoms. The topological polar surface area (TPSA) is 29.5 Å². The van der Waals surface area contributed by atoms with Crippen LogP contribution in [0, 0.1) is 5.92 Å². The Bertz CT molecular complexity index is 478. The van der Waals surface area contributed by atoms with Gasteiger partial charge in [-0.05, 0) is 43.9 Å². The van der Waals surface area contributed by atoms with Gasteiger partial charge in [-0.1, -0.05) is 23.7 Å². The normalized spacial score (nSPS) is 23.6. The van der Waals surface area contributed by atoms with Gasteiger partial charge >= 0.3 is 0 Å². The molecule has 0 spiro atoms. The number of hydrogen-bond donors (Lipinski definition) is 0. The molecule has 0 radical (unpaired) electrons. The summed E-state index contributed by atoms with van der Waals surface area (Å²) in [6.45, 7) is 3.40. The molecule has 1 saturated carbocycles. The van der Waals surface area contributed by atoms with E-state index in [0.717, 1.165) is 29.8 Å². The van der Waals surface area contributed by atoms with E-state index in [2.05, 4.69) is 11.8 Å². The van der Waals surface area contributed by atoms with E-state index >= 15 is 0 Å². The van der Waals surface area contributed by atoms with E-state index in [4.69, 9.17) is 16.3 Å². The van der Waals surface area contributed by atoms with E-state index in [9.17, 15) is 4.79 Å². The minimum atomic E-state index is 0.0466. The van der Waals surface area contributed by atoms with Crippen molar-refractivity contribution >= 4 is 17.5 Å². The lowest BCUT2D eigenvalue weighted by molar-refractivity contribution is -0.138. The second-order valence-corrected chi connectivity index (χ2v) is 6.20. The molecule has 1 amide bonds. The van der Waals surface area contributed by atoms with Crippen LogP contribution in [-0.2, 0) is 9.53 Å². The van der Waals surface area contributed by atoms with Gasteiger partial charge in [0.05, 0.1) is 18.6 Å². The predicted octanol–water partition coefficient (Wildman–Crippen LogP) is 3.43. The number of amides is 1. The summed E-state index contributed by atoms with van der Waals surface area (Å²) in [5.41, 5.74) is 1.15. The van der Waals surface area contributed by atoms with Crippen molar-refractivity contribution in [2.24, 2.45) is 5.92 Å². The standard InChI is InChI=1S/C16H20ClNO2/c1-11(12-2-4-14(17)5-3-12)18(15-6-7-15)16(19)13-8-9-20-10-13/h2-5,11,13,15H,6-10H2,1H3/t11-,13+/m0/s1. The summed E-state index contributed by atoms with van der Waals surface area (Å²) in [5.74, 6) is 0.304. The molecule has 1 saturated heterocycles. The number of halogens is 1. The Morgan fingerprint density at radius 3 is 2.55 bits per heavy atom. The minimum absolute atomic E-state index is 0.0466. The summed E-state index contributed by atoms with van der Waals surface area (Å²) in [6, 6.07) is 8.33. The summed E-state index contributed by atoms with van der Waals surface area (Å²) in [5, 5.41) is 0.731. The summed E-state index contributed by atoms with van der Waals surface area (Å²) in [4.78, 5) is 14.8. The number of ether oxygens (including phenoxy) is 1. The van der Waals surface area contributed by atoms with Crippen molar-refractivity contribution in [2.45, 2.75) is 38.3 Å². The van der Waals surface area contributed by atoms with Crippen LogP contribution >= 0.6 is 11.6 Å². The highest BCUT2D eigenvalue weighted by Crippen LogP contribution is 2.36. The quantitative estimate of drug-likeness (QED) is 0.851. The van der Waals surface area contributed by atoms with Crippen LogP contribution < -0.4 is 0 Å². The molecule has 1 aliphatic carbocycles. The van der Waals surface area contributed by atoms with Crippen LogP contribution in [0.1, 0.15) is 37.8 Å². The maximum atomic E-state index is 12.7. The largest absolute Gasteiger partial charge is 0.381 e. The van der Waals surface area contributed by atoms with Gasteiger partial charge in [0.25, 0.3) is 0 Å². The second kappa shape index (κ2) is 5.74. The van der Waals surface area contributed by atoms with Gasteiger partial charge in [0.1, 0.15) is 0 Å². The molecule has 1 aromatic rings. The second-order valence-electron chi connectivity index (χ2n) is 5.76. The molecule has 108 valence electrons. The SMILES string of the molecule is C[C@@H](c1ccc(Cl)cc1)N(C(=O)[C@@H]1CCOC1)C1CC1. The highest BCUT2D eigenvalue weighted by Gasteiger charge is 2.39.